The first-order chi connectivity index (χ1) is 19.2. The summed E-state index contributed by atoms with van der Waals surface area (Å²) in [5.74, 6) is 1.16. The van der Waals surface area contributed by atoms with Crippen molar-refractivity contribution in [3.63, 3.8) is 0 Å². The molecule has 0 radical (unpaired) electrons. The van der Waals surface area contributed by atoms with Gasteiger partial charge in [-0.05, 0) is 56.0 Å². The lowest BCUT2D eigenvalue weighted by Gasteiger charge is -2.32. The third-order valence-electron chi connectivity index (χ3n) is 8.34. The Bertz CT molecular complexity index is 1820. The van der Waals surface area contributed by atoms with Crippen LogP contribution in [0.2, 0.25) is 0 Å². The minimum atomic E-state index is -0.234. The molecule has 0 spiro atoms. The number of aryl methyl sites for hydroxylation is 1. The van der Waals surface area contributed by atoms with E-state index in [9.17, 15) is 4.79 Å². The number of H-pyrrole nitrogens is 1. The van der Waals surface area contributed by atoms with Crippen molar-refractivity contribution in [2.45, 2.75) is 25.3 Å². The molecule has 1 saturated heterocycles. The van der Waals surface area contributed by atoms with Gasteiger partial charge in [0, 0.05) is 47.3 Å². The van der Waals surface area contributed by atoms with Gasteiger partial charge in [-0.3, -0.25) is 0 Å². The number of nitrogens with zero attached hydrogens (tertiary/aromatic N) is 4. The van der Waals surface area contributed by atoms with E-state index in [1.54, 1.807) is 4.57 Å². The number of halogens is 1. The van der Waals surface area contributed by atoms with Crippen molar-refractivity contribution in [2.75, 3.05) is 13.1 Å². The smallest absolute Gasteiger partial charge is 0.348 e. The molecule has 2 N–H and O–H groups in total. The zero-order valence-corrected chi connectivity index (χ0v) is 23.3. The molecule has 1 unspecified atom stereocenters. The van der Waals surface area contributed by atoms with Crippen molar-refractivity contribution < 1.29 is 0 Å². The van der Waals surface area contributed by atoms with E-state index in [1.807, 2.05) is 19.2 Å². The van der Waals surface area contributed by atoms with E-state index in [0.717, 1.165) is 65.4 Å². The van der Waals surface area contributed by atoms with Crippen LogP contribution < -0.4 is 11.0 Å². The maximum atomic E-state index is 13.4. The Kier molecular flexibility index (Phi) is 7.09. The quantitative estimate of drug-likeness (QED) is 0.271. The summed E-state index contributed by atoms with van der Waals surface area (Å²) < 4.78 is 6.27. The first-order valence-electron chi connectivity index (χ1n) is 13.8. The maximum absolute atomic E-state index is 13.4. The summed E-state index contributed by atoms with van der Waals surface area (Å²) in [6.45, 7) is 2.07. The summed E-state index contributed by atoms with van der Waals surface area (Å²) in [4.78, 5) is 13.4. The third kappa shape index (κ3) is 4.45. The first-order valence-corrected chi connectivity index (χ1v) is 13.8. The molecular weight excluding hydrogens is 520 g/mol. The second kappa shape index (κ2) is 10.8. The molecular formula is C32H33ClN6O. The van der Waals surface area contributed by atoms with Crippen LogP contribution in [0.4, 0.5) is 0 Å². The molecule has 6 aromatic rings. The standard InChI is InChI=1S/C32H32N6O.ClH/c1-36-20-26(24-11-5-7-13-27(24)36)31-34-35-32(39)38(31)30-21-37(28-14-8-6-12-25(28)30)29(23-15-17-33-18-16-23)19-22-9-3-2-4-10-22;/h2-14,20-21,23,29,33H,15-19H2,1H3,(H,35,39);1H. The summed E-state index contributed by atoms with van der Waals surface area (Å²) in [5.41, 5.74) is 5.14. The molecule has 8 heteroatoms. The zero-order valence-electron chi connectivity index (χ0n) is 22.5. The second-order valence-corrected chi connectivity index (χ2v) is 10.6. The summed E-state index contributed by atoms with van der Waals surface area (Å²) in [5, 5.41) is 12.9. The number of rotatable bonds is 6. The summed E-state index contributed by atoms with van der Waals surface area (Å²) in [7, 11) is 2.03. The largest absolute Gasteiger partial charge is 0.350 e. The molecule has 0 amide bonds. The number of benzene rings is 3. The van der Waals surface area contributed by atoms with E-state index in [1.165, 1.54) is 5.56 Å². The van der Waals surface area contributed by atoms with Crippen molar-refractivity contribution in [3.8, 4) is 17.1 Å². The van der Waals surface area contributed by atoms with Crippen LogP contribution in [0.1, 0.15) is 24.4 Å². The second-order valence-electron chi connectivity index (χ2n) is 10.6. The Labute approximate surface area is 238 Å². The van der Waals surface area contributed by atoms with E-state index in [0.29, 0.717) is 11.7 Å². The molecule has 7 rings (SSSR count). The molecule has 0 bridgehead atoms. The molecule has 0 aliphatic carbocycles. The molecule has 1 aliphatic heterocycles. The van der Waals surface area contributed by atoms with E-state index < -0.39 is 0 Å². The molecule has 40 heavy (non-hydrogen) atoms. The fourth-order valence-electron chi connectivity index (χ4n) is 6.44. The molecule has 0 saturated carbocycles. The van der Waals surface area contributed by atoms with E-state index >= 15 is 0 Å². The molecule has 7 nitrogen and oxygen atoms in total. The van der Waals surface area contributed by atoms with Crippen molar-refractivity contribution in [2.24, 2.45) is 13.0 Å². The molecule has 204 valence electrons. The van der Waals surface area contributed by atoms with Gasteiger partial charge in [-0.1, -0.05) is 66.7 Å². The monoisotopic (exact) mass is 552 g/mol. The normalized spacial score (nSPS) is 14.9. The lowest BCUT2D eigenvalue weighted by atomic mass is 9.86. The van der Waals surface area contributed by atoms with Gasteiger partial charge in [0.2, 0.25) is 0 Å². The fraction of sp³-hybridized carbons (Fsp3) is 0.250. The van der Waals surface area contributed by atoms with Gasteiger partial charge in [-0.15, -0.1) is 12.4 Å². The number of aromatic nitrogens is 5. The molecule has 1 aliphatic rings. The summed E-state index contributed by atoms with van der Waals surface area (Å²) in [6, 6.07) is 27.7. The van der Waals surface area contributed by atoms with Crippen molar-refractivity contribution >= 4 is 34.2 Å². The minimum absolute atomic E-state index is 0. The Morgan fingerprint density at radius 2 is 1.55 bits per heavy atom. The van der Waals surface area contributed by atoms with Crippen LogP contribution in [0.15, 0.2) is 96.1 Å². The van der Waals surface area contributed by atoms with Gasteiger partial charge in [0.05, 0.1) is 11.2 Å². The van der Waals surface area contributed by atoms with Crippen molar-refractivity contribution in [1.82, 2.24) is 29.2 Å². The molecule has 3 aromatic heterocycles. The molecule has 4 heterocycles. The predicted octanol–water partition coefficient (Wildman–Crippen LogP) is 5.88. The molecule has 3 aromatic carbocycles. The number of hydrogen-bond donors (Lipinski definition) is 2. The number of piperidine rings is 1. The Morgan fingerprint density at radius 1 is 0.875 bits per heavy atom. The molecule has 1 fully saturated rings. The molecule has 1 atom stereocenters. The summed E-state index contributed by atoms with van der Waals surface area (Å²) in [6.07, 6.45) is 7.45. The van der Waals surface area contributed by atoms with Crippen LogP contribution >= 0.6 is 12.4 Å². The van der Waals surface area contributed by atoms with Gasteiger partial charge >= 0.3 is 5.69 Å². The van der Waals surface area contributed by atoms with Crippen LogP contribution in [-0.2, 0) is 13.5 Å². The minimum Gasteiger partial charge on any atom is -0.350 e. The number of para-hydroxylation sites is 2. The van der Waals surface area contributed by atoms with E-state index in [4.69, 9.17) is 0 Å². The number of hydrogen-bond acceptors (Lipinski definition) is 3. The average molecular weight is 553 g/mol. The summed E-state index contributed by atoms with van der Waals surface area (Å²) >= 11 is 0. The number of fused-ring (bicyclic) bond motifs is 2. The Balaban J connectivity index is 0.00000289. The maximum Gasteiger partial charge on any atom is 0.348 e. The number of aromatic amines is 1. The van der Waals surface area contributed by atoms with Gasteiger partial charge in [0.15, 0.2) is 5.82 Å². The third-order valence-corrected chi connectivity index (χ3v) is 8.34. The Morgan fingerprint density at radius 3 is 2.33 bits per heavy atom. The van der Waals surface area contributed by atoms with Crippen LogP contribution in [0.5, 0.6) is 0 Å². The van der Waals surface area contributed by atoms with Gasteiger partial charge in [0.1, 0.15) is 0 Å². The first kappa shape index (κ1) is 26.2. The van der Waals surface area contributed by atoms with Crippen LogP contribution in [0.25, 0.3) is 38.9 Å². The van der Waals surface area contributed by atoms with Crippen molar-refractivity contribution in [3.05, 3.63) is 107 Å². The highest BCUT2D eigenvalue weighted by Crippen LogP contribution is 2.37. The van der Waals surface area contributed by atoms with E-state index in [-0.39, 0.29) is 24.1 Å². The predicted molar refractivity (Wildman–Crippen MR) is 164 cm³/mol. The van der Waals surface area contributed by atoms with Gasteiger partial charge in [0.25, 0.3) is 0 Å². The highest BCUT2D eigenvalue weighted by Gasteiger charge is 2.28. The highest BCUT2D eigenvalue weighted by molar-refractivity contribution is 5.96. The topological polar surface area (TPSA) is 72.6 Å². The lowest BCUT2D eigenvalue weighted by Crippen LogP contribution is -2.33. The number of nitrogens with one attached hydrogen (secondary N) is 2. The van der Waals surface area contributed by atoms with Crippen LogP contribution in [-0.4, -0.2) is 37.0 Å². The Hall–Kier alpha value is -4.07. The van der Waals surface area contributed by atoms with Crippen molar-refractivity contribution in [1.29, 1.82) is 0 Å². The average Bonchev–Trinajstić information content (AvgIpc) is 3.65. The van der Waals surface area contributed by atoms with Gasteiger partial charge < -0.3 is 14.5 Å². The van der Waals surface area contributed by atoms with Gasteiger partial charge in [-0.25, -0.2) is 14.5 Å². The van der Waals surface area contributed by atoms with E-state index in [2.05, 4.69) is 104 Å². The lowest BCUT2D eigenvalue weighted by molar-refractivity contribution is 0.262. The zero-order chi connectivity index (χ0) is 26.3. The van der Waals surface area contributed by atoms with Crippen LogP contribution in [0, 0.1) is 5.92 Å². The van der Waals surface area contributed by atoms with Gasteiger partial charge in [-0.2, -0.15) is 5.10 Å². The van der Waals surface area contributed by atoms with Crippen LogP contribution in [0.3, 0.4) is 0 Å². The fourth-order valence-corrected chi connectivity index (χ4v) is 6.44. The highest BCUT2D eigenvalue weighted by atomic mass is 35.5. The SMILES string of the molecule is Cl.Cn1cc(-c2n[nH]c(=O)n2-c2cn(C(Cc3ccccc3)C3CCNCC3)c3ccccc23)c2ccccc21.